The Bertz CT molecular complexity index is 825. The minimum Gasteiger partial charge on any atom is -0.465 e. The van der Waals surface area contributed by atoms with Crippen molar-refractivity contribution >= 4 is 11.3 Å². The molecule has 0 aromatic carbocycles. The van der Waals surface area contributed by atoms with Gasteiger partial charge in [-0.05, 0) is 51.5 Å². The summed E-state index contributed by atoms with van der Waals surface area (Å²) in [6.07, 6.45) is 0.767. The molecule has 2 aromatic heterocycles. The topological polar surface area (TPSA) is 60.1 Å². The van der Waals surface area contributed by atoms with Gasteiger partial charge in [-0.2, -0.15) is 0 Å². The highest BCUT2D eigenvalue weighted by Crippen LogP contribution is 2.22. The average molecular weight is 403 g/mol. The molecule has 0 radical (unpaired) electrons. The Labute approximate surface area is 171 Å². The third-order valence-electron chi connectivity index (χ3n) is 4.84. The summed E-state index contributed by atoms with van der Waals surface area (Å²) in [6.45, 7) is 10.1. The fourth-order valence-electron chi connectivity index (χ4n) is 3.47. The largest absolute Gasteiger partial charge is 0.465 e. The molecular weight excluding hydrogens is 372 g/mol. The van der Waals surface area contributed by atoms with Crippen molar-refractivity contribution in [1.82, 2.24) is 9.80 Å². The first-order valence-corrected chi connectivity index (χ1v) is 10.6. The Hall–Kier alpha value is -1.62. The van der Waals surface area contributed by atoms with E-state index in [9.17, 15) is 10.2 Å². The van der Waals surface area contributed by atoms with Crippen LogP contribution < -0.4 is 0 Å². The van der Waals surface area contributed by atoms with Gasteiger partial charge in [0.15, 0.2) is 0 Å². The molecule has 152 valence electrons. The van der Waals surface area contributed by atoms with E-state index in [1.54, 1.807) is 25.2 Å². The molecule has 1 aliphatic heterocycles. The second-order valence-corrected chi connectivity index (χ2v) is 9.13. The molecule has 5 nitrogen and oxygen atoms in total. The third-order valence-corrected chi connectivity index (χ3v) is 5.82. The van der Waals surface area contributed by atoms with Crippen LogP contribution in [0.1, 0.15) is 41.5 Å². The van der Waals surface area contributed by atoms with Crippen LogP contribution >= 0.6 is 11.3 Å². The highest BCUT2D eigenvalue weighted by molar-refractivity contribution is 7.12. The lowest BCUT2D eigenvalue weighted by Gasteiger charge is -2.41. The van der Waals surface area contributed by atoms with Crippen molar-refractivity contribution in [2.75, 3.05) is 26.2 Å². The van der Waals surface area contributed by atoms with Crippen LogP contribution in [0, 0.1) is 18.8 Å². The molecule has 0 aliphatic carbocycles. The second-order valence-electron chi connectivity index (χ2n) is 7.96. The van der Waals surface area contributed by atoms with Crippen LogP contribution in [0.25, 0.3) is 0 Å². The monoisotopic (exact) mass is 402 g/mol. The van der Waals surface area contributed by atoms with Gasteiger partial charge in [-0.15, -0.1) is 11.3 Å². The van der Waals surface area contributed by atoms with Crippen molar-refractivity contribution in [3.05, 3.63) is 45.5 Å². The molecule has 2 N–H and O–H groups in total. The maximum Gasteiger partial charge on any atom is 0.120 e. The molecular formula is C22H30N2O3S. The lowest BCUT2D eigenvalue weighted by Crippen LogP contribution is -2.52. The number of aryl methyl sites for hydroxylation is 1. The molecule has 0 amide bonds. The summed E-state index contributed by atoms with van der Waals surface area (Å²) in [5.41, 5.74) is -0.968. The smallest absolute Gasteiger partial charge is 0.120 e. The molecule has 3 rings (SSSR count). The van der Waals surface area contributed by atoms with Crippen molar-refractivity contribution < 1.29 is 14.6 Å². The number of nitrogens with zero attached hydrogens (tertiary/aromatic N) is 2. The van der Waals surface area contributed by atoms with Gasteiger partial charge in [0.1, 0.15) is 17.1 Å². The van der Waals surface area contributed by atoms with Gasteiger partial charge in [-0.25, -0.2) is 0 Å². The van der Waals surface area contributed by atoms with Gasteiger partial charge in [-0.1, -0.05) is 11.8 Å². The summed E-state index contributed by atoms with van der Waals surface area (Å²) in [7, 11) is 0. The van der Waals surface area contributed by atoms with Crippen molar-refractivity contribution in [1.29, 1.82) is 0 Å². The first-order chi connectivity index (χ1) is 13.3. The molecule has 28 heavy (non-hydrogen) atoms. The number of piperazine rings is 1. The first-order valence-electron chi connectivity index (χ1n) is 9.79. The van der Waals surface area contributed by atoms with E-state index in [0.29, 0.717) is 6.04 Å². The van der Waals surface area contributed by atoms with Crippen LogP contribution in [0.15, 0.2) is 28.7 Å². The highest BCUT2D eigenvalue weighted by Gasteiger charge is 2.27. The van der Waals surface area contributed by atoms with Crippen molar-refractivity contribution in [3.8, 4) is 11.8 Å². The van der Waals surface area contributed by atoms with Crippen LogP contribution in [-0.2, 0) is 13.1 Å². The molecule has 2 aromatic rings. The molecule has 0 unspecified atom stereocenters. The predicted octanol–water partition coefficient (Wildman–Crippen LogP) is 2.84. The third kappa shape index (κ3) is 6.20. The van der Waals surface area contributed by atoms with E-state index in [1.165, 1.54) is 4.88 Å². The van der Waals surface area contributed by atoms with Crippen LogP contribution in [0.5, 0.6) is 0 Å². The minimum absolute atomic E-state index is 0.196. The van der Waals surface area contributed by atoms with E-state index in [-0.39, 0.29) is 6.61 Å². The fourth-order valence-corrected chi connectivity index (χ4v) is 4.37. The van der Waals surface area contributed by atoms with Gasteiger partial charge in [0.2, 0.25) is 0 Å². The second kappa shape index (κ2) is 9.25. The van der Waals surface area contributed by atoms with E-state index in [1.807, 2.05) is 25.1 Å². The SMILES string of the molecule is Cc1ccc(CN2CCN(Cc3ccc(C#CC(C)(C)O)s3)C[C@H]2CCO)o1. The van der Waals surface area contributed by atoms with Gasteiger partial charge in [0.25, 0.3) is 0 Å². The van der Waals surface area contributed by atoms with Gasteiger partial charge < -0.3 is 14.6 Å². The van der Waals surface area contributed by atoms with Gasteiger partial charge in [0.05, 0.1) is 11.4 Å². The van der Waals surface area contributed by atoms with Crippen molar-refractivity contribution in [3.63, 3.8) is 0 Å². The summed E-state index contributed by atoms with van der Waals surface area (Å²) >= 11 is 1.68. The lowest BCUT2D eigenvalue weighted by atomic mass is 10.1. The molecule has 0 bridgehead atoms. The molecule has 6 heteroatoms. The highest BCUT2D eigenvalue weighted by atomic mass is 32.1. The number of thiophene rings is 1. The summed E-state index contributed by atoms with van der Waals surface area (Å²) in [5.74, 6) is 7.85. The summed E-state index contributed by atoms with van der Waals surface area (Å²) in [4.78, 5) is 7.12. The normalized spacial score (nSPS) is 18.8. The number of furan rings is 1. The Kier molecular flexibility index (Phi) is 6.97. The Balaban J connectivity index is 1.59. The Morgan fingerprint density at radius 3 is 2.71 bits per heavy atom. The number of aliphatic hydroxyl groups is 2. The summed E-state index contributed by atoms with van der Waals surface area (Å²) < 4.78 is 5.74. The zero-order chi connectivity index (χ0) is 20.1. The predicted molar refractivity (Wildman–Crippen MR) is 112 cm³/mol. The van der Waals surface area contributed by atoms with Crippen LogP contribution in [0.2, 0.25) is 0 Å². The molecule has 1 fully saturated rings. The van der Waals surface area contributed by atoms with E-state index in [4.69, 9.17) is 4.42 Å². The van der Waals surface area contributed by atoms with Crippen LogP contribution in [-0.4, -0.2) is 57.9 Å². The van der Waals surface area contributed by atoms with E-state index < -0.39 is 5.60 Å². The molecule has 1 atom stereocenters. The van der Waals surface area contributed by atoms with Gasteiger partial charge >= 0.3 is 0 Å². The summed E-state index contributed by atoms with van der Waals surface area (Å²) in [6, 6.07) is 8.51. The van der Waals surface area contributed by atoms with Crippen molar-refractivity contribution in [2.24, 2.45) is 0 Å². The molecule has 1 aliphatic rings. The van der Waals surface area contributed by atoms with E-state index >= 15 is 0 Å². The molecule has 0 spiro atoms. The molecule has 0 saturated carbocycles. The number of rotatable bonds is 6. The van der Waals surface area contributed by atoms with Crippen LogP contribution in [0.3, 0.4) is 0 Å². The Morgan fingerprint density at radius 1 is 1.21 bits per heavy atom. The maximum absolute atomic E-state index is 9.75. The zero-order valence-electron chi connectivity index (χ0n) is 16.9. The average Bonchev–Trinajstić information content (AvgIpc) is 3.24. The van der Waals surface area contributed by atoms with Crippen molar-refractivity contribution in [2.45, 2.75) is 51.9 Å². The minimum atomic E-state index is -0.968. The fraction of sp³-hybridized carbons (Fsp3) is 0.545. The molecule has 3 heterocycles. The molecule has 1 saturated heterocycles. The van der Waals surface area contributed by atoms with Crippen LogP contribution in [0.4, 0.5) is 0 Å². The van der Waals surface area contributed by atoms with Gasteiger partial charge in [-0.3, -0.25) is 9.80 Å². The number of hydrogen-bond acceptors (Lipinski definition) is 6. The lowest BCUT2D eigenvalue weighted by molar-refractivity contribution is 0.0459. The standard InChI is InChI=1S/C22H30N2O3S/c1-17-4-5-19(27-17)15-24-12-11-23(14-18(24)9-13-25)16-21-7-6-20(28-21)8-10-22(2,3)26/h4-7,18,25-26H,9,11-16H2,1-3H3/t18-/m1/s1. The first kappa shape index (κ1) is 21.1. The quantitative estimate of drug-likeness (QED) is 0.728. The van der Waals surface area contributed by atoms with Gasteiger partial charge in [0, 0.05) is 43.7 Å². The summed E-state index contributed by atoms with van der Waals surface area (Å²) in [5, 5.41) is 19.3. The maximum atomic E-state index is 9.75. The van der Waals surface area contributed by atoms with E-state index in [0.717, 1.165) is 55.5 Å². The van der Waals surface area contributed by atoms with E-state index in [2.05, 4.69) is 27.7 Å². The Morgan fingerprint density at radius 2 is 2.04 bits per heavy atom. The zero-order valence-corrected chi connectivity index (χ0v) is 17.8. The number of hydrogen-bond donors (Lipinski definition) is 2. The number of aliphatic hydroxyl groups excluding tert-OH is 1.